The molecule has 27 heavy (non-hydrogen) atoms. The summed E-state index contributed by atoms with van der Waals surface area (Å²) in [5.41, 5.74) is 6.28. The molecule has 1 saturated heterocycles. The third-order valence-electron chi connectivity index (χ3n) is 5.68. The highest BCUT2D eigenvalue weighted by Crippen LogP contribution is 2.22. The molecule has 1 fully saturated rings. The van der Waals surface area contributed by atoms with Crippen LogP contribution >= 0.6 is 0 Å². The van der Waals surface area contributed by atoms with Crippen LogP contribution in [0.3, 0.4) is 0 Å². The second-order valence-electron chi connectivity index (χ2n) is 7.65. The van der Waals surface area contributed by atoms with E-state index in [0.29, 0.717) is 25.9 Å². The number of hydrogen-bond donors (Lipinski definition) is 1. The summed E-state index contributed by atoms with van der Waals surface area (Å²) in [5.74, 6) is 0.0677. The minimum absolute atomic E-state index is 0.0459. The van der Waals surface area contributed by atoms with Crippen molar-refractivity contribution in [2.45, 2.75) is 40.5 Å². The molecule has 0 radical (unpaired) electrons. The first-order valence-corrected chi connectivity index (χ1v) is 9.60. The van der Waals surface area contributed by atoms with Crippen molar-refractivity contribution in [1.29, 1.82) is 0 Å². The van der Waals surface area contributed by atoms with Gasteiger partial charge in [0.2, 0.25) is 5.91 Å². The number of anilines is 1. The standard InChI is InChI=1S/C23H28N2O2/c1-15-5-7-20(13-17(15)3)23(27)25-11-9-19(10-12-25)22(26)24-21-8-6-16(2)18(4)14-21/h5-8,13-14,19H,9-12H2,1-4H3,(H,24,26). The number of nitrogens with zero attached hydrogens (tertiary/aromatic N) is 1. The lowest BCUT2D eigenvalue weighted by atomic mass is 9.95. The zero-order valence-electron chi connectivity index (χ0n) is 16.6. The Kier molecular flexibility index (Phi) is 5.64. The predicted molar refractivity (Wildman–Crippen MR) is 109 cm³/mol. The molecule has 2 aromatic carbocycles. The first-order chi connectivity index (χ1) is 12.8. The Hall–Kier alpha value is -2.62. The monoisotopic (exact) mass is 364 g/mol. The van der Waals surface area contributed by atoms with Crippen LogP contribution in [0, 0.1) is 33.6 Å². The number of rotatable bonds is 3. The van der Waals surface area contributed by atoms with Crippen molar-refractivity contribution in [2.24, 2.45) is 5.92 Å². The van der Waals surface area contributed by atoms with Gasteiger partial charge in [0.25, 0.3) is 5.91 Å². The van der Waals surface area contributed by atoms with E-state index in [1.54, 1.807) is 0 Å². The lowest BCUT2D eigenvalue weighted by Crippen LogP contribution is -2.41. The smallest absolute Gasteiger partial charge is 0.253 e. The Bertz CT molecular complexity index is 865. The van der Waals surface area contributed by atoms with Crippen molar-refractivity contribution < 1.29 is 9.59 Å². The Morgan fingerprint density at radius 1 is 0.852 bits per heavy atom. The van der Waals surface area contributed by atoms with Crippen LogP contribution in [0.15, 0.2) is 36.4 Å². The number of hydrogen-bond acceptors (Lipinski definition) is 2. The van der Waals surface area contributed by atoms with Crippen molar-refractivity contribution in [2.75, 3.05) is 18.4 Å². The maximum atomic E-state index is 12.7. The quantitative estimate of drug-likeness (QED) is 0.877. The molecule has 4 nitrogen and oxygen atoms in total. The molecule has 0 atom stereocenters. The van der Waals surface area contributed by atoms with Crippen molar-refractivity contribution in [3.8, 4) is 0 Å². The second-order valence-corrected chi connectivity index (χ2v) is 7.65. The molecule has 0 aliphatic carbocycles. The highest BCUT2D eigenvalue weighted by atomic mass is 16.2. The van der Waals surface area contributed by atoms with Gasteiger partial charge in [0.15, 0.2) is 0 Å². The van der Waals surface area contributed by atoms with Crippen LogP contribution in [0.1, 0.15) is 45.5 Å². The van der Waals surface area contributed by atoms with Crippen molar-refractivity contribution in [3.63, 3.8) is 0 Å². The molecule has 2 amide bonds. The summed E-state index contributed by atoms with van der Waals surface area (Å²) in [4.78, 5) is 27.2. The average Bonchev–Trinajstić information content (AvgIpc) is 2.66. The van der Waals surface area contributed by atoms with Gasteiger partial charge in [-0.15, -0.1) is 0 Å². The van der Waals surface area contributed by atoms with Crippen LogP contribution in [0.25, 0.3) is 0 Å². The highest BCUT2D eigenvalue weighted by molar-refractivity contribution is 5.95. The van der Waals surface area contributed by atoms with Crippen LogP contribution < -0.4 is 5.32 Å². The van der Waals surface area contributed by atoms with E-state index in [-0.39, 0.29) is 17.7 Å². The Morgan fingerprint density at radius 2 is 1.44 bits per heavy atom. The number of piperidine rings is 1. The van der Waals surface area contributed by atoms with E-state index >= 15 is 0 Å². The summed E-state index contributed by atoms with van der Waals surface area (Å²) in [7, 11) is 0. The molecular weight excluding hydrogens is 336 g/mol. The fraction of sp³-hybridized carbons (Fsp3) is 0.391. The van der Waals surface area contributed by atoms with Gasteiger partial charge in [-0.1, -0.05) is 12.1 Å². The molecule has 1 heterocycles. The first-order valence-electron chi connectivity index (χ1n) is 9.60. The van der Waals surface area contributed by atoms with Gasteiger partial charge < -0.3 is 10.2 Å². The number of likely N-dealkylation sites (tertiary alicyclic amines) is 1. The third kappa shape index (κ3) is 4.38. The number of carbonyl (C=O) groups is 2. The maximum absolute atomic E-state index is 12.7. The van der Waals surface area contributed by atoms with Gasteiger partial charge in [-0.25, -0.2) is 0 Å². The largest absolute Gasteiger partial charge is 0.339 e. The number of aryl methyl sites for hydroxylation is 4. The normalized spacial score (nSPS) is 14.9. The molecule has 1 aliphatic heterocycles. The van der Waals surface area contributed by atoms with Crippen LogP contribution in [0.2, 0.25) is 0 Å². The molecule has 2 aromatic rings. The molecule has 0 spiro atoms. The zero-order valence-corrected chi connectivity index (χ0v) is 16.6. The fourth-order valence-corrected chi connectivity index (χ4v) is 3.47. The van der Waals surface area contributed by atoms with Crippen LogP contribution in [-0.4, -0.2) is 29.8 Å². The van der Waals surface area contributed by atoms with E-state index in [1.165, 1.54) is 16.7 Å². The van der Waals surface area contributed by atoms with Crippen LogP contribution in [0.5, 0.6) is 0 Å². The summed E-state index contributed by atoms with van der Waals surface area (Å²) >= 11 is 0. The van der Waals surface area contributed by atoms with Gasteiger partial charge in [0, 0.05) is 30.3 Å². The topological polar surface area (TPSA) is 49.4 Å². The van der Waals surface area contributed by atoms with Gasteiger partial charge in [0.1, 0.15) is 0 Å². The summed E-state index contributed by atoms with van der Waals surface area (Å²) < 4.78 is 0. The fourth-order valence-electron chi connectivity index (χ4n) is 3.47. The first kappa shape index (κ1) is 19.2. The number of amides is 2. The summed E-state index contributed by atoms with van der Waals surface area (Å²) in [6, 6.07) is 11.8. The Morgan fingerprint density at radius 3 is 2.04 bits per heavy atom. The van der Waals surface area contributed by atoms with E-state index in [9.17, 15) is 9.59 Å². The molecular formula is C23H28N2O2. The van der Waals surface area contributed by atoms with Gasteiger partial charge in [-0.2, -0.15) is 0 Å². The van der Waals surface area contributed by atoms with Crippen LogP contribution in [0.4, 0.5) is 5.69 Å². The van der Waals surface area contributed by atoms with Gasteiger partial charge in [-0.3, -0.25) is 9.59 Å². The Labute approximate surface area is 161 Å². The molecule has 1 aliphatic rings. The van der Waals surface area contributed by atoms with Gasteiger partial charge >= 0.3 is 0 Å². The van der Waals surface area contributed by atoms with Crippen molar-refractivity contribution >= 4 is 17.5 Å². The van der Waals surface area contributed by atoms with E-state index in [0.717, 1.165) is 16.8 Å². The SMILES string of the molecule is Cc1ccc(NC(=O)C2CCN(C(=O)c3ccc(C)c(C)c3)CC2)cc1C. The number of nitrogens with one attached hydrogen (secondary N) is 1. The van der Waals surface area contributed by atoms with Crippen molar-refractivity contribution in [1.82, 2.24) is 4.90 Å². The summed E-state index contributed by atoms with van der Waals surface area (Å²) in [6.45, 7) is 9.41. The van der Waals surface area contributed by atoms with Gasteiger partial charge in [-0.05, 0) is 87.1 Å². The van der Waals surface area contributed by atoms with E-state index in [2.05, 4.69) is 12.2 Å². The molecule has 0 saturated carbocycles. The lowest BCUT2D eigenvalue weighted by molar-refractivity contribution is -0.121. The summed E-state index contributed by atoms with van der Waals surface area (Å²) in [6.07, 6.45) is 1.40. The molecule has 4 heteroatoms. The van der Waals surface area contributed by atoms with E-state index in [1.807, 2.05) is 62.1 Å². The average molecular weight is 364 g/mol. The minimum atomic E-state index is -0.0459. The zero-order chi connectivity index (χ0) is 19.6. The number of benzene rings is 2. The maximum Gasteiger partial charge on any atom is 0.253 e. The summed E-state index contributed by atoms with van der Waals surface area (Å²) in [5, 5.41) is 3.03. The number of carbonyl (C=O) groups excluding carboxylic acids is 2. The highest BCUT2D eigenvalue weighted by Gasteiger charge is 2.28. The molecule has 142 valence electrons. The van der Waals surface area contributed by atoms with E-state index in [4.69, 9.17) is 0 Å². The predicted octanol–water partition coefficient (Wildman–Crippen LogP) is 4.41. The molecule has 0 unspecified atom stereocenters. The van der Waals surface area contributed by atoms with Crippen molar-refractivity contribution in [3.05, 3.63) is 64.2 Å². The molecule has 0 bridgehead atoms. The lowest BCUT2D eigenvalue weighted by Gasteiger charge is -2.31. The minimum Gasteiger partial charge on any atom is -0.339 e. The second kappa shape index (κ2) is 7.95. The molecule has 3 rings (SSSR count). The molecule has 1 N–H and O–H groups in total. The Balaban J connectivity index is 1.57. The van der Waals surface area contributed by atoms with E-state index < -0.39 is 0 Å². The molecule has 0 aromatic heterocycles. The van der Waals surface area contributed by atoms with Crippen LogP contribution in [-0.2, 0) is 4.79 Å². The third-order valence-corrected chi connectivity index (χ3v) is 5.68. The van der Waals surface area contributed by atoms with Gasteiger partial charge in [0.05, 0.1) is 0 Å².